The van der Waals surface area contributed by atoms with E-state index in [0.29, 0.717) is 12.2 Å². The molecule has 4 nitrogen and oxygen atoms in total. The molecule has 138 valence electrons. The number of hydrogen-bond donors (Lipinski definition) is 1. The van der Waals surface area contributed by atoms with E-state index in [1.54, 1.807) is 12.1 Å². The maximum absolute atomic E-state index is 12.6. The molecule has 0 unspecified atom stereocenters. The van der Waals surface area contributed by atoms with E-state index in [1.807, 2.05) is 32.0 Å². The Labute approximate surface area is 149 Å². The van der Waals surface area contributed by atoms with Crippen LogP contribution >= 0.6 is 0 Å². The molecule has 0 bridgehead atoms. The third-order valence-electron chi connectivity index (χ3n) is 4.24. The van der Waals surface area contributed by atoms with Gasteiger partial charge in [-0.25, -0.2) is 4.68 Å². The minimum Gasteiger partial charge on any atom is -0.466 e. The molecule has 7 heteroatoms. The standard InChI is InChI=1S/C19H20F3N3O/c1-12-10-17(14(3)26-12)13(2)23-11-15-4-6-16(7-5-15)25-9-8-18(24-25)19(20,21)22/h4-10,13,23H,11H2,1-3H3/t13-/m0/s1. The van der Waals surface area contributed by atoms with Crippen LogP contribution in [0.25, 0.3) is 5.69 Å². The molecule has 0 spiro atoms. The molecule has 3 rings (SSSR count). The minimum absolute atomic E-state index is 0.132. The summed E-state index contributed by atoms with van der Waals surface area (Å²) in [4.78, 5) is 0. The van der Waals surface area contributed by atoms with Crippen LogP contribution in [0.1, 0.15) is 41.3 Å². The summed E-state index contributed by atoms with van der Waals surface area (Å²) in [6.07, 6.45) is -3.13. The summed E-state index contributed by atoms with van der Waals surface area (Å²) in [6, 6.07) is 10.4. The van der Waals surface area contributed by atoms with E-state index in [9.17, 15) is 13.2 Å². The third kappa shape index (κ3) is 3.99. The highest BCUT2D eigenvalue weighted by Crippen LogP contribution is 2.28. The van der Waals surface area contributed by atoms with Gasteiger partial charge in [0.25, 0.3) is 0 Å². The predicted molar refractivity (Wildman–Crippen MR) is 92.0 cm³/mol. The van der Waals surface area contributed by atoms with Gasteiger partial charge in [-0.15, -0.1) is 0 Å². The molecule has 0 aliphatic heterocycles. The van der Waals surface area contributed by atoms with Crippen LogP contribution in [-0.4, -0.2) is 9.78 Å². The zero-order valence-electron chi connectivity index (χ0n) is 14.8. The van der Waals surface area contributed by atoms with Crippen molar-refractivity contribution in [2.75, 3.05) is 0 Å². The van der Waals surface area contributed by atoms with Gasteiger partial charge in [-0.3, -0.25) is 0 Å². The van der Waals surface area contributed by atoms with Crippen molar-refractivity contribution in [1.82, 2.24) is 15.1 Å². The van der Waals surface area contributed by atoms with Crippen molar-refractivity contribution in [3.05, 3.63) is 70.9 Å². The molecule has 0 saturated carbocycles. The Bertz CT molecular complexity index is 878. The smallest absolute Gasteiger partial charge is 0.435 e. The summed E-state index contributed by atoms with van der Waals surface area (Å²) in [5.74, 6) is 1.78. The molecule has 3 aromatic rings. The fourth-order valence-corrected chi connectivity index (χ4v) is 2.85. The summed E-state index contributed by atoms with van der Waals surface area (Å²) in [6.45, 7) is 6.56. The number of benzene rings is 1. The number of hydrogen-bond acceptors (Lipinski definition) is 3. The number of alkyl halides is 3. The van der Waals surface area contributed by atoms with Crippen LogP contribution in [0.15, 0.2) is 47.0 Å². The number of furan rings is 1. The average molecular weight is 363 g/mol. The molecule has 26 heavy (non-hydrogen) atoms. The Morgan fingerprint density at radius 3 is 2.38 bits per heavy atom. The van der Waals surface area contributed by atoms with Crippen LogP contribution in [0.2, 0.25) is 0 Å². The molecule has 0 fully saturated rings. The van der Waals surface area contributed by atoms with Crippen molar-refractivity contribution in [3.63, 3.8) is 0 Å². The maximum Gasteiger partial charge on any atom is 0.435 e. The second kappa shape index (κ2) is 6.99. The van der Waals surface area contributed by atoms with Crippen molar-refractivity contribution in [2.24, 2.45) is 0 Å². The molecule has 0 radical (unpaired) electrons. The van der Waals surface area contributed by atoms with Crippen LogP contribution in [-0.2, 0) is 12.7 Å². The van der Waals surface area contributed by atoms with Crippen LogP contribution in [0, 0.1) is 13.8 Å². The predicted octanol–water partition coefficient (Wildman–Crippen LogP) is 4.95. The second-order valence-electron chi connectivity index (χ2n) is 6.28. The van der Waals surface area contributed by atoms with Gasteiger partial charge in [0, 0.05) is 24.3 Å². The van der Waals surface area contributed by atoms with Gasteiger partial charge in [-0.1, -0.05) is 12.1 Å². The first-order valence-electron chi connectivity index (χ1n) is 8.26. The molecule has 1 aromatic carbocycles. The Morgan fingerprint density at radius 2 is 1.85 bits per heavy atom. The van der Waals surface area contributed by atoms with Crippen molar-refractivity contribution in [2.45, 2.75) is 39.5 Å². The first-order valence-corrected chi connectivity index (χ1v) is 8.26. The SMILES string of the molecule is Cc1cc([C@H](C)NCc2ccc(-n3ccc(C(F)(F)F)n3)cc2)c(C)o1. The summed E-state index contributed by atoms with van der Waals surface area (Å²) in [7, 11) is 0. The molecular formula is C19H20F3N3O. The summed E-state index contributed by atoms with van der Waals surface area (Å²) >= 11 is 0. The summed E-state index contributed by atoms with van der Waals surface area (Å²) in [5.41, 5.74) is 1.83. The molecule has 2 heterocycles. The van der Waals surface area contributed by atoms with E-state index in [4.69, 9.17) is 4.42 Å². The van der Waals surface area contributed by atoms with Crippen LogP contribution in [0.5, 0.6) is 0 Å². The number of aryl methyl sites for hydroxylation is 2. The topological polar surface area (TPSA) is 43.0 Å². The molecular weight excluding hydrogens is 343 g/mol. The highest BCUT2D eigenvalue weighted by molar-refractivity contribution is 5.34. The largest absolute Gasteiger partial charge is 0.466 e. The fourth-order valence-electron chi connectivity index (χ4n) is 2.85. The lowest BCUT2D eigenvalue weighted by Gasteiger charge is -2.13. The lowest BCUT2D eigenvalue weighted by Crippen LogP contribution is -2.18. The first kappa shape index (κ1) is 18.3. The number of rotatable bonds is 5. The van der Waals surface area contributed by atoms with E-state index in [-0.39, 0.29) is 6.04 Å². The van der Waals surface area contributed by atoms with Crippen molar-refractivity contribution in [3.8, 4) is 5.69 Å². The van der Waals surface area contributed by atoms with Crippen molar-refractivity contribution >= 4 is 0 Å². The zero-order chi connectivity index (χ0) is 18.9. The van der Waals surface area contributed by atoms with Crippen LogP contribution in [0.3, 0.4) is 0 Å². The molecule has 0 saturated heterocycles. The number of nitrogens with one attached hydrogen (secondary N) is 1. The van der Waals surface area contributed by atoms with Gasteiger partial charge >= 0.3 is 6.18 Å². The van der Waals surface area contributed by atoms with Gasteiger partial charge < -0.3 is 9.73 Å². The zero-order valence-corrected chi connectivity index (χ0v) is 14.8. The van der Waals surface area contributed by atoms with Gasteiger partial charge in [0.05, 0.1) is 5.69 Å². The van der Waals surface area contributed by atoms with Gasteiger partial charge in [-0.05, 0) is 50.6 Å². The van der Waals surface area contributed by atoms with E-state index >= 15 is 0 Å². The van der Waals surface area contributed by atoms with Crippen molar-refractivity contribution < 1.29 is 17.6 Å². The van der Waals surface area contributed by atoms with E-state index in [0.717, 1.165) is 28.7 Å². The first-order chi connectivity index (χ1) is 12.2. The molecule has 1 atom stereocenters. The van der Waals surface area contributed by atoms with Crippen LogP contribution < -0.4 is 5.32 Å². The van der Waals surface area contributed by atoms with Gasteiger partial charge in [0.2, 0.25) is 0 Å². The van der Waals surface area contributed by atoms with Gasteiger partial charge in [0.15, 0.2) is 5.69 Å². The molecule has 1 N–H and O–H groups in total. The number of nitrogens with zero attached hydrogens (tertiary/aromatic N) is 2. The fraction of sp³-hybridized carbons (Fsp3) is 0.316. The summed E-state index contributed by atoms with van der Waals surface area (Å²) in [5, 5.41) is 6.99. The molecule has 0 aliphatic rings. The Hall–Kier alpha value is -2.54. The van der Waals surface area contributed by atoms with E-state index in [1.165, 1.54) is 10.9 Å². The highest BCUT2D eigenvalue weighted by Gasteiger charge is 2.33. The van der Waals surface area contributed by atoms with Gasteiger partial charge in [0.1, 0.15) is 11.5 Å². The monoisotopic (exact) mass is 363 g/mol. The lowest BCUT2D eigenvalue weighted by molar-refractivity contribution is -0.141. The Balaban J connectivity index is 1.64. The van der Waals surface area contributed by atoms with Gasteiger partial charge in [-0.2, -0.15) is 18.3 Å². The molecule has 0 amide bonds. The third-order valence-corrected chi connectivity index (χ3v) is 4.24. The lowest BCUT2D eigenvalue weighted by atomic mass is 10.1. The Kier molecular flexibility index (Phi) is 4.91. The quantitative estimate of drug-likeness (QED) is 0.697. The summed E-state index contributed by atoms with van der Waals surface area (Å²) < 4.78 is 44.7. The molecule has 0 aliphatic carbocycles. The Morgan fingerprint density at radius 1 is 1.15 bits per heavy atom. The molecule has 2 aromatic heterocycles. The van der Waals surface area contributed by atoms with E-state index in [2.05, 4.69) is 17.3 Å². The normalized spacial score (nSPS) is 13.2. The highest BCUT2D eigenvalue weighted by atomic mass is 19.4. The van der Waals surface area contributed by atoms with Crippen molar-refractivity contribution in [1.29, 1.82) is 0 Å². The second-order valence-corrected chi connectivity index (χ2v) is 6.28. The number of halogens is 3. The number of aromatic nitrogens is 2. The minimum atomic E-state index is -4.44. The maximum atomic E-state index is 12.6. The van der Waals surface area contributed by atoms with Crippen LogP contribution in [0.4, 0.5) is 13.2 Å². The van der Waals surface area contributed by atoms with E-state index < -0.39 is 11.9 Å². The average Bonchev–Trinajstić information content (AvgIpc) is 3.19.